The molecule has 0 aliphatic heterocycles. The molecule has 0 aliphatic rings. The largest absolute Gasteiger partial charge is 0.398 e. The summed E-state index contributed by atoms with van der Waals surface area (Å²) in [6.07, 6.45) is 5.30. The van der Waals surface area contributed by atoms with Crippen molar-refractivity contribution in [1.82, 2.24) is 0 Å². The standard InChI is InChI=1S/C21H27ClN2/c1-5-24-18-10-8-16(15(2)13-18)7-6-12-21(3,4)19-14-17(22)9-11-20(19)23/h6-11,13-14,24H,5,12,23H2,1-4H3/b7-6+. The Kier molecular flexibility index (Phi) is 5.95. The third kappa shape index (κ3) is 4.55. The zero-order chi connectivity index (χ0) is 17.7. The lowest BCUT2D eigenvalue weighted by Gasteiger charge is -2.25. The molecule has 2 rings (SSSR count). The summed E-state index contributed by atoms with van der Waals surface area (Å²) in [6, 6.07) is 12.2. The molecule has 2 nitrogen and oxygen atoms in total. The second-order valence-corrected chi connectivity index (χ2v) is 7.26. The number of nitrogen functional groups attached to an aromatic ring is 1. The predicted octanol–water partition coefficient (Wildman–Crippen LogP) is 6.04. The zero-order valence-electron chi connectivity index (χ0n) is 15.0. The minimum absolute atomic E-state index is 0.0664. The molecule has 0 spiro atoms. The number of benzene rings is 2. The van der Waals surface area contributed by atoms with Crippen molar-refractivity contribution < 1.29 is 0 Å². The van der Waals surface area contributed by atoms with Crippen molar-refractivity contribution in [2.75, 3.05) is 17.6 Å². The van der Waals surface area contributed by atoms with Crippen LogP contribution in [0.15, 0.2) is 42.5 Å². The van der Waals surface area contributed by atoms with Crippen molar-refractivity contribution in [3.63, 3.8) is 0 Å². The SMILES string of the molecule is CCNc1ccc(/C=C/CC(C)(C)c2cc(Cl)ccc2N)c(C)c1. The van der Waals surface area contributed by atoms with Gasteiger partial charge in [-0.15, -0.1) is 0 Å². The molecule has 0 radical (unpaired) electrons. The molecular formula is C21H27ClN2. The van der Waals surface area contributed by atoms with Gasteiger partial charge in [-0.3, -0.25) is 0 Å². The Morgan fingerprint density at radius 1 is 1.17 bits per heavy atom. The monoisotopic (exact) mass is 342 g/mol. The van der Waals surface area contributed by atoms with E-state index in [4.69, 9.17) is 17.3 Å². The molecule has 0 bridgehead atoms. The van der Waals surface area contributed by atoms with Crippen LogP contribution in [-0.2, 0) is 5.41 Å². The fourth-order valence-corrected chi connectivity index (χ4v) is 3.05. The van der Waals surface area contributed by atoms with Gasteiger partial charge in [-0.25, -0.2) is 0 Å². The molecule has 2 aromatic carbocycles. The van der Waals surface area contributed by atoms with Crippen LogP contribution in [0.4, 0.5) is 11.4 Å². The van der Waals surface area contributed by atoms with Gasteiger partial charge in [0.1, 0.15) is 0 Å². The molecule has 3 N–H and O–H groups in total. The number of rotatable bonds is 6. The lowest BCUT2D eigenvalue weighted by molar-refractivity contribution is 0.537. The van der Waals surface area contributed by atoms with E-state index in [-0.39, 0.29) is 5.41 Å². The number of hydrogen-bond acceptors (Lipinski definition) is 2. The highest BCUT2D eigenvalue weighted by Crippen LogP contribution is 2.34. The van der Waals surface area contributed by atoms with E-state index in [1.165, 1.54) is 16.8 Å². The fourth-order valence-electron chi connectivity index (χ4n) is 2.88. The molecule has 3 heteroatoms. The number of nitrogens with two attached hydrogens (primary N) is 1. The Morgan fingerprint density at radius 3 is 2.58 bits per heavy atom. The van der Waals surface area contributed by atoms with E-state index in [2.05, 4.69) is 63.4 Å². The van der Waals surface area contributed by atoms with Crippen LogP contribution in [0.5, 0.6) is 0 Å². The number of nitrogens with one attached hydrogen (secondary N) is 1. The van der Waals surface area contributed by atoms with Crippen molar-refractivity contribution in [2.45, 2.75) is 39.5 Å². The van der Waals surface area contributed by atoms with E-state index in [0.717, 1.165) is 29.2 Å². The average Bonchev–Trinajstić information content (AvgIpc) is 2.52. The van der Waals surface area contributed by atoms with Gasteiger partial charge >= 0.3 is 0 Å². The molecule has 0 aliphatic carbocycles. The summed E-state index contributed by atoms with van der Waals surface area (Å²) in [7, 11) is 0. The molecular weight excluding hydrogens is 316 g/mol. The number of halogens is 1. The summed E-state index contributed by atoms with van der Waals surface area (Å²) in [5.41, 5.74) is 11.6. The molecule has 24 heavy (non-hydrogen) atoms. The molecule has 0 fully saturated rings. The first-order chi connectivity index (χ1) is 11.3. The summed E-state index contributed by atoms with van der Waals surface area (Å²) < 4.78 is 0. The lowest BCUT2D eigenvalue weighted by Crippen LogP contribution is -2.18. The molecule has 0 atom stereocenters. The predicted molar refractivity (Wildman–Crippen MR) is 108 cm³/mol. The highest BCUT2D eigenvalue weighted by molar-refractivity contribution is 6.30. The normalized spacial score (nSPS) is 11.9. The van der Waals surface area contributed by atoms with Gasteiger partial charge in [0.2, 0.25) is 0 Å². The summed E-state index contributed by atoms with van der Waals surface area (Å²) in [6.45, 7) is 9.57. The molecule has 0 heterocycles. The third-order valence-electron chi connectivity index (χ3n) is 4.32. The van der Waals surface area contributed by atoms with Gasteiger partial charge in [0.25, 0.3) is 0 Å². The van der Waals surface area contributed by atoms with Crippen LogP contribution in [0, 0.1) is 6.92 Å². The minimum Gasteiger partial charge on any atom is -0.398 e. The maximum Gasteiger partial charge on any atom is 0.0410 e. The number of anilines is 2. The lowest BCUT2D eigenvalue weighted by atomic mass is 9.80. The van der Waals surface area contributed by atoms with E-state index in [1.807, 2.05) is 18.2 Å². The van der Waals surface area contributed by atoms with Crippen LogP contribution in [0.25, 0.3) is 6.08 Å². The van der Waals surface area contributed by atoms with Crippen molar-refractivity contribution in [3.8, 4) is 0 Å². The van der Waals surface area contributed by atoms with E-state index in [1.54, 1.807) is 0 Å². The zero-order valence-corrected chi connectivity index (χ0v) is 15.7. The van der Waals surface area contributed by atoms with Crippen LogP contribution in [0.2, 0.25) is 5.02 Å². The molecule has 0 saturated heterocycles. The van der Waals surface area contributed by atoms with Crippen molar-refractivity contribution in [1.29, 1.82) is 0 Å². The van der Waals surface area contributed by atoms with E-state index < -0.39 is 0 Å². The van der Waals surface area contributed by atoms with Gasteiger partial charge in [0.15, 0.2) is 0 Å². The second kappa shape index (κ2) is 7.76. The second-order valence-electron chi connectivity index (χ2n) is 6.82. The molecule has 0 saturated carbocycles. The van der Waals surface area contributed by atoms with Gasteiger partial charge in [0.05, 0.1) is 0 Å². The van der Waals surface area contributed by atoms with Crippen LogP contribution in [0.1, 0.15) is 43.9 Å². The minimum atomic E-state index is -0.0664. The summed E-state index contributed by atoms with van der Waals surface area (Å²) in [5.74, 6) is 0. The van der Waals surface area contributed by atoms with Crippen LogP contribution in [-0.4, -0.2) is 6.54 Å². The maximum absolute atomic E-state index is 6.14. The molecule has 0 aromatic heterocycles. The van der Waals surface area contributed by atoms with Crippen molar-refractivity contribution in [2.24, 2.45) is 0 Å². The summed E-state index contributed by atoms with van der Waals surface area (Å²) in [4.78, 5) is 0. The molecule has 0 amide bonds. The third-order valence-corrected chi connectivity index (χ3v) is 4.56. The van der Waals surface area contributed by atoms with Crippen LogP contribution in [0.3, 0.4) is 0 Å². The number of aryl methyl sites for hydroxylation is 1. The highest BCUT2D eigenvalue weighted by atomic mass is 35.5. The average molecular weight is 343 g/mol. The Bertz CT molecular complexity index is 733. The molecule has 2 aromatic rings. The van der Waals surface area contributed by atoms with E-state index in [0.29, 0.717) is 0 Å². The Balaban J connectivity index is 2.14. The van der Waals surface area contributed by atoms with Gasteiger partial charge < -0.3 is 11.1 Å². The molecule has 128 valence electrons. The first-order valence-corrected chi connectivity index (χ1v) is 8.78. The van der Waals surface area contributed by atoms with Gasteiger partial charge in [-0.1, -0.05) is 43.7 Å². The van der Waals surface area contributed by atoms with Crippen LogP contribution < -0.4 is 11.1 Å². The Labute approximate surface area is 150 Å². The number of allylic oxidation sites excluding steroid dienone is 1. The maximum atomic E-state index is 6.14. The topological polar surface area (TPSA) is 38.0 Å². The smallest absolute Gasteiger partial charge is 0.0410 e. The van der Waals surface area contributed by atoms with E-state index >= 15 is 0 Å². The quantitative estimate of drug-likeness (QED) is 0.627. The Morgan fingerprint density at radius 2 is 1.92 bits per heavy atom. The fraction of sp³-hybridized carbons (Fsp3) is 0.333. The van der Waals surface area contributed by atoms with Gasteiger partial charge in [-0.2, -0.15) is 0 Å². The summed E-state index contributed by atoms with van der Waals surface area (Å²) in [5, 5.41) is 4.07. The van der Waals surface area contributed by atoms with Gasteiger partial charge in [0, 0.05) is 22.9 Å². The van der Waals surface area contributed by atoms with Crippen molar-refractivity contribution in [3.05, 3.63) is 64.2 Å². The van der Waals surface area contributed by atoms with Crippen molar-refractivity contribution >= 4 is 29.1 Å². The first-order valence-electron chi connectivity index (χ1n) is 8.40. The van der Waals surface area contributed by atoms with Crippen LogP contribution >= 0.6 is 11.6 Å². The van der Waals surface area contributed by atoms with Gasteiger partial charge in [-0.05, 0) is 72.7 Å². The first kappa shape index (κ1) is 18.4. The summed E-state index contributed by atoms with van der Waals surface area (Å²) >= 11 is 6.13. The Hall–Kier alpha value is -1.93. The molecule has 0 unspecified atom stereocenters. The van der Waals surface area contributed by atoms with E-state index in [9.17, 15) is 0 Å². The number of hydrogen-bond donors (Lipinski definition) is 2. The highest BCUT2D eigenvalue weighted by Gasteiger charge is 2.21.